The van der Waals surface area contributed by atoms with Crippen LogP contribution in [-0.4, -0.2) is 13.1 Å². The lowest BCUT2D eigenvalue weighted by Crippen LogP contribution is -2.39. The van der Waals surface area contributed by atoms with E-state index in [0.29, 0.717) is 12.6 Å². The average Bonchev–Trinajstić information content (AvgIpc) is 2.26. The van der Waals surface area contributed by atoms with Crippen LogP contribution in [0.15, 0.2) is 24.3 Å². The third-order valence-corrected chi connectivity index (χ3v) is 3.39. The Hall–Kier alpha value is -1.02. The number of nitrogens with zero attached hydrogens (tertiary/aromatic N) is 1. The first kappa shape index (κ1) is 13.0. The van der Waals surface area contributed by atoms with Gasteiger partial charge in [-0.05, 0) is 30.0 Å². The molecule has 1 aromatic carbocycles. The van der Waals surface area contributed by atoms with Crippen molar-refractivity contribution in [3.8, 4) is 0 Å². The van der Waals surface area contributed by atoms with Gasteiger partial charge in [-0.25, -0.2) is 0 Å². The van der Waals surface area contributed by atoms with Crippen molar-refractivity contribution >= 4 is 5.69 Å². The van der Waals surface area contributed by atoms with Gasteiger partial charge < -0.3 is 10.6 Å². The van der Waals surface area contributed by atoms with Crippen LogP contribution in [-0.2, 0) is 6.54 Å². The summed E-state index contributed by atoms with van der Waals surface area (Å²) in [5, 5.41) is 0. The molecule has 0 aliphatic rings. The molecule has 0 saturated carbocycles. The normalized spacial score (nSPS) is 13.6. The van der Waals surface area contributed by atoms with Crippen LogP contribution >= 0.6 is 0 Å². The van der Waals surface area contributed by atoms with Crippen molar-refractivity contribution in [2.75, 3.05) is 11.9 Å². The van der Waals surface area contributed by atoms with Crippen molar-refractivity contribution in [1.82, 2.24) is 0 Å². The number of anilines is 1. The molecule has 1 rings (SSSR count). The first-order chi connectivity index (χ1) is 7.36. The molecule has 2 heteroatoms. The van der Waals surface area contributed by atoms with Crippen molar-refractivity contribution in [2.24, 2.45) is 11.1 Å². The Balaban J connectivity index is 2.91. The Morgan fingerprint density at radius 1 is 1.31 bits per heavy atom. The molecule has 90 valence electrons. The molecule has 0 radical (unpaired) electrons. The maximum atomic E-state index is 5.66. The fraction of sp³-hybridized carbons (Fsp3) is 0.571. The lowest BCUT2D eigenvalue weighted by atomic mass is 9.87. The molecular formula is C14H24N2. The predicted molar refractivity (Wildman–Crippen MR) is 71.7 cm³/mol. The van der Waals surface area contributed by atoms with Crippen molar-refractivity contribution in [3.63, 3.8) is 0 Å². The Morgan fingerprint density at radius 2 is 1.94 bits per heavy atom. The van der Waals surface area contributed by atoms with Crippen LogP contribution in [0.5, 0.6) is 0 Å². The maximum absolute atomic E-state index is 5.66. The molecule has 0 spiro atoms. The first-order valence-electron chi connectivity index (χ1n) is 5.88. The van der Waals surface area contributed by atoms with Crippen LogP contribution in [0, 0.1) is 5.41 Å². The summed E-state index contributed by atoms with van der Waals surface area (Å²) in [7, 11) is 2.14. The zero-order chi connectivity index (χ0) is 12.3. The Labute approximate surface area is 99.5 Å². The summed E-state index contributed by atoms with van der Waals surface area (Å²) < 4.78 is 0. The molecule has 0 amide bonds. The van der Waals surface area contributed by atoms with Gasteiger partial charge in [-0.1, -0.05) is 32.9 Å². The minimum Gasteiger partial charge on any atom is -0.371 e. The standard InChI is InChI=1S/C14H24N2/c1-11(14(2,3)4)16(5)13-8-6-7-12(9-13)10-15/h6-9,11H,10,15H2,1-5H3. The van der Waals surface area contributed by atoms with Gasteiger partial charge in [0.15, 0.2) is 0 Å². The second kappa shape index (κ2) is 4.88. The number of nitrogens with two attached hydrogens (primary N) is 1. The molecule has 0 bridgehead atoms. The lowest BCUT2D eigenvalue weighted by Gasteiger charge is -2.37. The molecule has 0 fully saturated rings. The van der Waals surface area contributed by atoms with Gasteiger partial charge in [0.25, 0.3) is 0 Å². The summed E-state index contributed by atoms with van der Waals surface area (Å²) in [6.45, 7) is 9.66. The molecule has 1 aromatic rings. The van der Waals surface area contributed by atoms with E-state index in [2.05, 4.69) is 63.9 Å². The highest BCUT2D eigenvalue weighted by atomic mass is 15.1. The minimum atomic E-state index is 0.271. The second-order valence-electron chi connectivity index (χ2n) is 5.53. The molecule has 2 N–H and O–H groups in total. The Morgan fingerprint density at radius 3 is 2.44 bits per heavy atom. The van der Waals surface area contributed by atoms with E-state index in [4.69, 9.17) is 5.73 Å². The fourth-order valence-corrected chi connectivity index (χ4v) is 1.71. The van der Waals surface area contributed by atoms with Crippen molar-refractivity contribution in [2.45, 2.75) is 40.3 Å². The number of rotatable bonds is 3. The van der Waals surface area contributed by atoms with Gasteiger partial charge in [0.05, 0.1) is 0 Å². The highest BCUT2D eigenvalue weighted by Gasteiger charge is 2.24. The van der Waals surface area contributed by atoms with E-state index < -0.39 is 0 Å². The number of hydrogen-bond acceptors (Lipinski definition) is 2. The van der Waals surface area contributed by atoms with Gasteiger partial charge in [-0.3, -0.25) is 0 Å². The monoisotopic (exact) mass is 220 g/mol. The van der Waals surface area contributed by atoms with Gasteiger partial charge in [-0.15, -0.1) is 0 Å². The summed E-state index contributed by atoms with van der Waals surface area (Å²) in [4.78, 5) is 2.32. The smallest absolute Gasteiger partial charge is 0.0369 e. The molecule has 0 heterocycles. The van der Waals surface area contributed by atoms with Gasteiger partial charge in [-0.2, -0.15) is 0 Å². The summed E-state index contributed by atoms with van der Waals surface area (Å²) in [6, 6.07) is 8.94. The molecule has 0 aliphatic carbocycles. The molecule has 0 aromatic heterocycles. The highest BCUT2D eigenvalue weighted by molar-refractivity contribution is 5.49. The third kappa shape index (κ3) is 2.99. The van der Waals surface area contributed by atoms with E-state index in [-0.39, 0.29) is 5.41 Å². The molecule has 1 unspecified atom stereocenters. The van der Waals surface area contributed by atoms with Crippen LogP contribution in [0.25, 0.3) is 0 Å². The maximum Gasteiger partial charge on any atom is 0.0369 e. The largest absolute Gasteiger partial charge is 0.371 e. The minimum absolute atomic E-state index is 0.271. The van der Waals surface area contributed by atoms with E-state index >= 15 is 0 Å². The van der Waals surface area contributed by atoms with Gasteiger partial charge in [0.1, 0.15) is 0 Å². The van der Waals surface area contributed by atoms with Crippen molar-refractivity contribution in [3.05, 3.63) is 29.8 Å². The van der Waals surface area contributed by atoms with Crippen LogP contribution < -0.4 is 10.6 Å². The molecule has 0 saturated heterocycles. The van der Waals surface area contributed by atoms with Crippen LogP contribution in [0.4, 0.5) is 5.69 Å². The van der Waals surface area contributed by atoms with Crippen molar-refractivity contribution in [1.29, 1.82) is 0 Å². The van der Waals surface area contributed by atoms with E-state index in [9.17, 15) is 0 Å². The van der Waals surface area contributed by atoms with Gasteiger partial charge >= 0.3 is 0 Å². The predicted octanol–water partition coefficient (Wildman–Crippen LogP) is 3.02. The van der Waals surface area contributed by atoms with E-state index in [1.54, 1.807) is 0 Å². The number of benzene rings is 1. The first-order valence-corrected chi connectivity index (χ1v) is 5.88. The summed E-state index contributed by atoms with van der Waals surface area (Å²) in [5.74, 6) is 0. The number of hydrogen-bond donors (Lipinski definition) is 1. The summed E-state index contributed by atoms with van der Waals surface area (Å²) in [6.07, 6.45) is 0. The summed E-state index contributed by atoms with van der Waals surface area (Å²) >= 11 is 0. The molecule has 0 aliphatic heterocycles. The fourth-order valence-electron chi connectivity index (χ4n) is 1.71. The van der Waals surface area contributed by atoms with Gasteiger partial charge in [0.2, 0.25) is 0 Å². The third-order valence-electron chi connectivity index (χ3n) is 3.39. The Bertz CT molecular complexity index is 339. The average molecular weight is 220 g/mol. The molecule has 2 nitrogen and oxygen atoms in total. The topological polar surface area (TPSA) is 29.3 Å². The van der Waals surface area contributed by atoms with E-state index in [0.717, 1.165) is 0 Å². The van der Waals surface area contributed by atoms with Crippen LogP contribution in [0.2, 0.25) is 0 Å². The lowest BCUT2D eigenvalue weighted by molar-refractivity contribution is 0.330. The summed E-state index contributed by atoms with van der Waals surface area (Å²) in [5.41, 5.74) is 8.36. The molecular weight excluding hydrogens is 196 g/mol. The SMILES string of the molecule is CC(N(C)c1cccc(CN)c1)C(C)(C)C. The van der Waals surface area contributed by atoms with E-state index in [1.165, 1.54) is 11.3 Å². The van der Waals surface area contributed by atoms with Crippen LogP contribution in [0.1, 0.15) is 33.3 Å². The second-order valence-corrected chi connectivity index (χ2v) is 5.53. The van der Waals surface area contributed by atoms with Crippen LogP contribution in [0.3, 0.4) is 0 Å². The Kier molecular flexibility index (Phi) is 3.98. The highest BCUT2D eigenvalue weighted by Crippen LogP contribution is 2.27. The van der Waals surface area contributed by atoms with Crippen molar-refractivity contribution < 1.29 is 0 Å². The van der Waals surface area contributed by atoms with Gasteiger partial charge in [0, 0.05) is 25.3 Å². The molecule has 1 atom stereocenters. The zero-order valence-corrected chi connectivity index (χ0v) is 11.1. The quantitative estimate of drug-likeness (QED) is 0.848. The molecule has 16 heavy (non-hydrogen) atoms. The van der Waals surface area contributed by atoms with E-state index in [1.807, 2.05) is 0 Å². The zero-order valence-electron chi connectivity index (χ0n) is 11.1.